The molecule has 2 aromatic rings. The molecule has 1 atom stereocenters. The van der Waals surface area contributed by atoms with E-state index >= 15 is 0 Å². The normalized spacial score (nSPS) is 23.3. The minimum absolute atomic E-state index is 0. The second-order valence-corrected chi connectivity index (χ2v) is 10.4. The van der Waals surface area contributed by atoms with Gasteiger partial charge in [0.25, 0.3) is 0 Å². The molecule has 6 nitrogen and oxygen atoms in total. The molecule has 2 aliphatic heterocycles. The van der Waals surface area contributed by atoms with Gasteiger partial charge in [0.15, 0.2) is 0 Å². The van der Waals surface area contributed by atoms with E-state index in [9.17, 15) is 4.79 Å². The first-order valence-corrected chi connectivity index (χ1v) is 11.7. The van der Waals surface area contributed by atoms with Crippen LogP contribution in [0.15, 0.2) is 59.8 Å². The maximum atomic E-state index is 12.4. The van der Waals surface area contributed by atoms with Crippen LogP contribution in [0, 0.1) is 5.92 Å². The van der Waals surface area contributed by atoms with Crippen molar-refractivity contribution < 1.29 is 78.6 Å². The van der Waals surface area contributed by atoms with E-state index in [0.717, 1.165) is 11.6 Å². The van der Waals surface area contributed by atoms with Gasteiger partial charge >= 0.3 is 214 Å². The third-order valence-corrected chi connectivity index (χ3v) is 9.10. The van der Waals surface area contributed by atoms with Gasteiger partial charge in [-0.05, 0) is 0 Å². The Morgan fingerprint density at radius 1 is 0.966 bits per heavy atom. The molecule has 0 fully saturated rings. The minimum atomic E-state index is -4.51. The summed E-state index contributed by atoms with van der Waals surface area (Å²) in [6, 6.07) is 14.9. The molecule has 146 valence electrons. The van der Waals surface area contributed by atoms with Gasteiger partial charge in [0.2, 0.25) is 0 Å². The van der Waals surface area contributed by atoms with Crippen LogP contribution in [-0.4, -0.2) is 20.9 Å². The van der Waals surface area contributed by atoms with Gasteiger partial charge in [-0.1, -0.05) is 0 Å². The van der Waals surface area contributed by atoms with Crippen molar-refractivity contribution in [3.63, 3.8) is 0 Å². The molecule has 1 unspecified atom stereocenters. The van der Waals surface area contributed by atoms with Crippen LogP contribution < -0.4 is 69.1 Å². The van der Waals surface area contributed by atoms with E-state index in [1.807, 2.05) is 61.5 Å². The van der Waals surface area contributed by atoms with Crippen molar-refractivity contribution >= 4 is 14.3 Å². The Morgan fingerprint density at radius 3 is 1.90 bits per heavy atom. The number of hydrogen-bond donors (Lipinski definition) is 0. The zero-order valence-corrected chi connectivity index (χ0v) is 20.7. The van der Waals surface area contributed by atoms with Crippen molar-refractivity contribution in [2.45, 2.75) is 26.2 Å². The molecule has 2 heterocycles. The predicted octanol–water partition coefficient (Wildman–Crippen LogP) is 1.15. The van der Waals surface area contributed by atoms with Crippen molar-refractivity contribution in [3.8, 4) is 23.0 Å². The first kappa shape index (κ1) is 21.0. The monoisotopic (exact) mass is 436 g/mol. The third kappa shape index (κ3) is 3.35. The number of esters is 1. The number of fused-ring (bicyclic) bond motifs is 2. The molecular formula is C21H21KO6Si. The van der Waals surface area contributed by atoms with Crippen LogP contribution in [0.1, 0.15) is 26.2 Å². The quantitative estimate of drug-likeness (QED) is 0.531. The van der Waals surface area contributed by atoms with Gasteiger partial charge in [-0.2, -0.15) is 0 Å². The summed E-state index contributed by atoms with van der Waals surface area (Å²) in [4.78, 5) is 12.4. The van der Waals surface area contributed by atoms with Gasteiger partial charge < -0.3 is 0 Å². The summed E-state index contributed by atoms with van der Waals surface area (Å²) in [6.45, 7) is 2.17. The molecule has 1 spiro atoms. The Labute approximate surface area is 212 Å². The standard InChI is InChI=1S/C21H21O6Si.K/c1-2-23-21(22)15-8-7-9-16(14-15)28(24-17-10-3-4-11-18(17)25-28)26-19-12-5-6-13-20(19)27-28;/h3-6,9-13,15H,2,7-8,14H2,1H3;/q-1;+1. The summed E-state index contributed by atoms with van der Waals surface area (Å²) in [5.41, 5.74) is 0. The number of hydrogen-bond acceptors (Lipinski definition) is 6. The van der Waals surface area contributed by atoms with Gasteiger partial charge in [0, 0.05) is 0 Å². The number of allylic oxidation sites excluding steroid dienone is 2. The SMILES string of the molecule is CCOC(=O)C1CCC=C([Si-]23(Oc4ccccc4O2)Oc2ccccc2O3)C1.[K+]. The maximum Gasteiger partial charge on any atom is 1.00 e. The molecule has 0 saturated carbocycles. The Hall–Kier alpha value is -1.30. The number of carbonyl (C=O) groups is 1. The molecular weight excluding hydrogens is 415 g/mol. The van der Waals surface area contributed by atoms with Crippen molar-refractivity contribution in [2.24, 2.45) is 5.92 Å². The second kappa shape index (κ2) is 7.75. The fourth-order valence-corrected chi connectivity index (χ4v) is 8.11. The average molecular weight is 437 g/mol. The van der Waals surface area contributed by atoms with Gasteiger partial charge in [-0.15, -0.1) is 0 Å². The minimum Gasteiger partial charge on any atom is 1.00 e. The van der Waals surface area contributed by atoms with E-state index in [0.29, 0.717) is 42.4 Å². The third-order valence-electron chi connectivity index (χ3n) is 5.36. The fraction of sp³-hybridized carbons (Fsp3) is 0.286. The average Bonchev–Trinajstić information content (AvgIpc) is 3.23. The van der Waals surface area contributed by atoms with E-state index in [4.69, 9.17) is 22.4 Å². The summed E-state index contributed by atoms with van der Waals surface area (Å²) >= 11 is 0. The summed E-state index contributed by atoms with van der Waals surface area (Å²) in [7, 11) is -4.51. The van der Waals surface area contributed by atoms with E-state index in [1.165, 1.54) is 0 Å². The van der Waals surface area contributed by atoms with Crippen molar-refractivity contribution in [1.82, 2.24) is 0 Å². The maximum absolute atomic E-state index is 12.4. The Balaban J connectivity index is 0.00000205. The van der Waals surface area contributed by atoms with Gasteiger partial charge in [0.05, 0.1) is 0 Å². The van der Waals surface area contributed by atoms with E-state index in [2.05, 4.69) is 0 Å². The van der Waals surface area contributed by atoms with E-state index < -0.39 is 8.33 Å². The zero-order valence-electron chi connectivity index (χ0n) is 16.6. The largest absolute Gasteiger partial charge is 1.00 e. The number of carbonyl (C=O) groups excluding carboxylic acids is 1. The van der Waals surface area contributed by atoms with Gasteiger partial charge in [-0.3, -0.25) is 0 Å². The molecule has 0 saturated heterocycles. The molecule has 0 radical (unpaired) electrons. The van der Waals surface area contributed by atoms with Crippen LogP contribution in [-0.2, 0) is 9.53 Å². The number of benzene rings is 2. The van der Waals surface area contributed by atoms with Crippen LogP contribution in [0.3, 0.4) is 0 Å². The number of para-hydroxylation sites is 4. The van der Waals surface area contributed by atoms with Crippen molar-refractivity contribution in [2.75, 3.05) is 6.61 Å². The van der Waals surface area contributed by atoms with Gasteiger partial charge in [-0.25, -0.2) is 0 Å². The Kier molecular flexibility index (Phi) is 5.60. The van der Waals surface area contributed by atoms with E-state index in [1.54, 1.807) is 0 Å². The Bertz CT molecular complexity index is 878. The molecule has 0 N–H and O–H groups in total. The predicted molar refractivity (Wildman–Crippen MR) is 103 cm³/mol. The smallest absolute Gasteiger partial charge is 1.00 e. The van der Waals surface area contributed by atoms with Crippen LogP contribution in [0.2, 0.25) is 0 Å². The number of rotatable bonds is 3. The topological polar surface area (TPSA) is 63.2 Å². The second-order valence-electron chi connectivity index (χ2n) is 7.17. The molecule has 3 aliphatic rings. The van der Waals surface area contributed by atoms with E-state index in [-0.39, 0.29) is 63.3 Å². The van der Waals surface area contributed by atoms with Crippen LogP contribution in [0.25, 0.3) is 0 Å². The summed E-state index contributed by atoms with van der Waals surface area (Å²) in [5, 5.41) is 0.775. The zero-order chi connectivity index (χ0) is 19.2. The first-order chi connectivity index (χ1) is 13.6. The molecule has 0 amide bonds. The van der Waals surface area contributed by atoms with Crippen LogP contribution in [0.5, 0.6) is 23.0 Å². The van der Waals surface area contributed by atoms with Crippen LogP contribution >= 0.6 is 0 Å². The summed E-state index contributed by atoms with van der Waals surface area (Å²) in [5.74, 6) is 1.87. The molecule has 0 bridgehead atoms. The molecule has 0 aromatic heterocycles. The molecule has 1 aliphatic carbocycles. The van der Waals surface area contributed by atoms with Crippen molar-refractivity contribution in [1.29, 1.82) is 0 Å². The Morgan fingerprint density at radius 2 is 1.45 bits per heavy atom. The molecule has 8 heteroatoms. The molecule has 29 heavy (non-hydrogen) atoms. The van der Waals surface area contributed by atoms with Gasteiger partial charge in [0.1, 0.15) is 0 Å². The number of ether oxygens (including phenoxy) is 1. The first-order valence-electron chi connectivity index (χ1n) is 9.60. The summed E-state index contributed by atoms with van der Waals surface area (Å²) in [6.07, 6.45) is 3.89. The molecule has 2 aromatic carbocycles. The van der Waals surface area contributed by atoms with Crippen molar-refractivity contribution in [3.05, 3.63) is 59.8 Å². The molecule has 5 rings (SSSR count). The summed E-state index contributed by atoms with van der Waals surface area (Å²) < 4.78 is 30.9. The van der Waals surface area contributed by atoms with Crippen LogP contribution in [0.4, 0.5) is 0 Å². The fourth-order valence-electron chi connectivity index (χ4n) is 4.09.